The molecule has 2 aromatic rings. The molecular weight excluding hydrogens is 395 g/mol. The third kappa shape index (κ3) is 4.15. The predicted molar refractivity (Wildman–Crippen MR) is 116 cm³/mol. The fourth-order valence-electron chi connectivity index (χ4n) is 3.68. The Kier molecular flexibility index (Phi) is 6.89. The summed E-state index contributed by atoms with van der Waals surface area (Å²) in [5, 5.41) is 1.13. The van der Waals surface area contributed by atoms with Crippen LogP contribution in [0.5, 0.6) is 0 Å². The summed E-state index contributed by atoms with van der Waals surface area (Å²) < 4.78 is 2.11. The van der Waals surface area contributed by atoms with Gasteiger partial charge in [0.05, 0.1) is 17.4 Å². The van der Waals surface area contributed by atoms with E-state index in [4.69, 9.17) is 28.2 Å². The first-order chi connectivity index (χ1) is 13.5. The molecule has 1 amide bonds. The first-order valence-corrected chi connectivity index (χ1v) is 10.8. The van der Waals surface area contributed by atoms with Gasteiger partial charge in [-0.15, -0.1) is 0 Å². The molecule has 0 radical (unpaired) electrons. The topological polar surface area (TPSA) is 41.4 Å². The highest BCUT2D eigenvalue weighted by molar-refractivity contribution is 6.36. The molecule has 3 rings (SSSR count). The minimum absolute atomic E-state index is 0.0112. The van der Waals surface area contributed by atoms with Crippen LogP contribution in [-0.2, 0) is 13.0 Å². The molecule has 0 fully saturated rings. The second-order valence-corrected chi connectivity index (χ2v) is 8.13. The molecule has 1 aliphatic heterocycles. The van der Waals surface area contributed by atoms with Crippen molar-refractivity contribution in [3.63, 3.8) is 0 Å². The summed E-state index contributed by atoms with van der Waals surface area (Å²) in [7, 11) is 1.81. The van der Waals surface area contributed by atoms with Gasteiger partial charge >= 0.3 is 0 Å². The Morgan fingerprint density at radius 2 is 1.86 bits per heavy atom. The van der Waals surface area contributed by atoms with Gasteiger partial charge in [-0.05, 0) is 24.6 Å². The number of amides is 1. The second-order valence-electron chi connectivity index (χ2n) is 7.29. The number of imidazole rings is 1. The van der Waals surface area contributed by atoms with E-state index in [1.54, 1.807) is 11.0 Å². The number of hydrogen-bond donors (Lipinski definition) is 0. The number of fused-ring (bicyclic) bond motifs is 1. The molecule has 1 aromatic carbocycles. The van der Waals surface area contributed by atoms with Gasteiger partial charge in [-0.25, -0.2) is 4.98 Å². The van der Waals surface area contributed by atoms with Crippen molar-refractivity contribution in [3.05, 3.63) is 39.8 Å². The highest BCUT2D eigenvalue weighted by Crippen LogP contribution is 2.38. The summed E-state index contributed by atoms with van der Waals surface area (Å²) in [5.41, 5.74) is 1.47. The zero-order valence-electron chi connectivity index (χ0n) is 16.8. The van der Waals surface area contributed by atoms with Crippen molar-refractivity contribution < 1.29 is 4.79 Å². The molecule has 0 N–H and O–H groups in total. The molecule has 5 nitrogen and oxygen atoms in total. The van der Waals surface area contributed by atoms with Crippen LogP contribution < -0.4 is 4.90 Å². The zero-order valence-corrected chi connectivity index (χ0v) is 18.4. The van der Waals surface area contributed by atoms with Gasteiger partial charge in [0.1, 0.15) is 5.82 Å². The van der Waals surface area contributed by atoms with Crippen LogP contribution >= 0.6 is 23.2 Å². The van der Waals surface area contributed by atoms with Crippen molar-refractivity contribution in [2.45, 2.75) is 58.9 Å². The van der Waals surface area contributed by atoms with Crippen LogP contribution in [0.1, 0.15) is 62.3 Å². The SMILES string of the molecule is CCCCCCCn1c(CC)nc2c1C(=O)N(C)CN2c1ccc(Cl)cc1Cl. The van der Waals surface area contributed by atoms with Crippen molar-refractivity contribution in [1.29, 1.82) is 0 Å². The zero-order chi connectivity index (χ0) is 20.3. The first-order valence-electron chi connectivity index (χ1n) is 10.0. The van der Waals surface area contributed by atoms with Gasteiger partial charge in [-0.2, -0.15) is 0 Å². The molecule has 0 bridgehead atoms. The van der Waals surface area contributed by atoms with Crippen molar-refractivity contribution >= 4 is 40.6 Å². The number of carbonyl (C=O) groups is 1. The molecule has 28 heavy (non-hydrogen) atoms. The maximum atomic E-state index is 13.0. The minimum atomic E-state index is 0.0112. The second kappa shape index (κ2) is 9.19. The standard InChI is InChI=1S/C21H28Cl2N4O/c1-4-6-7-8-9-12-26-18(5-2)24-20-19(26)21(28)25(3)14-27(20)17-11-10-15(22)13-16(17)23/h10-11,13H,4-9,12,14H2,1-3H3. The monoisotopic (exact) mass is 422 g/mol. The molecule has 1 aliphatic rings. The van der Waals surface area contributed by atoms with Crippen LogP contribution in [0.2, 0.25) is 10.0 Å². The Labute approximate surface area is 177 Å². The van der Waals surface area contributed by atoms with Crippen LogP contribution in [0, 0.1) is 0 Å². The molecule has 7 heteroatoms. The van der Waals surface area contributed by atoms with E-state index in [1.807, 2.05) is 24.1 Å². The summed E-state index contributed by atoms with van der Waals surface area (Å²) >= 11 is 12.5. The van der Waals surface area contributed by atoms with Crippen LogP contribution in [0.3, 0.4) is 0 Å². The highest BCUT2D eigenvalue weighted by Gasteiger charge is 2.35. The third-order valence-corrected chi connectivity index (χ3v) is 5.73. The van der Waals surface area contributed by atoms with Gasteiger partial charge in [0, 0.05) is 25.0 Å². The minimum Gasteiger partial charge on any atom is -0.322 e. The summed E-state index contributed by atoms with van der Waals surface area (Å²) in [6.07, 6.45) is 6.71. The van der Waals surface area contributed by atoms with Crippen molar-refractivity contribution in [2.24, 2.45) is 0 Å². The molecule has 2 heterocycles. The normalized spacial score (nSPS) is 14.0. The van der Waals surface area contributed by atoms with E-state index in [0.717, 1.165) is 30.9 Å². The number of carbonyl (C=O) groups excluding carboxylic acids is 1. The van der Waals surface area contributed by atoms with Gasteiger partial charge in [0.15, 0.2) is 11.5 Å². The Balaban J connectivity index is 1.97. The molecule has 0 atom stereocenters. The lowest BCUT2D eigenvalue weighted by molar-refractivity contribution is 0.0775. The average Bonchev–Trinajstić information content (AvgIpc) is 3.04. The molecule has 0 aliphatic carbocycles. The number of hydrogen-bond acceptors (Lipinski definition) is 3. The van der Waals surface area contributed by atoms with E-state index in [0.29, 0.717) is 28.2 Å². The molecule has 0 spiro atoms. The average molecular weight is 423 g/mol. The highest BCUT2D eigenvalue weighted by atomic mass is 35.5. The molecule has 1 aromatic heterocycles. The number of rotatable bonds is 8. The number of nitrogens with zero attached hydrogens (tertiary/aromatic N) is 4. The lowest BCUT2D eigenvalue weighted by Crippen LogP contribution is -2.43. The van der Waals surface area contributed by atoms with E-state index in [1.165, 1.54) is 25.7 Å². The number of aromatic nitrogens is 2. The smallest absolute Gasteiger partial charge is 0.275 e. The van der Waals surface area contributed by atoms with Crippen LogP contribution in [-0.4, -0.2) is 34.1 Å². The Hall–Kier alpha value is -1.72. The van der Waals surface area contributed by atoms with Gasteiger partial charge in [0.2, 0.25) is 0 Å². The summed E-state index contributed by atoms with van der Waals surface area (Å²) in [4.78, 5) is 21.6. The lowest BCUT2D eigenvalue weighted by atomic mass is 10.1. The van der Waals surface area contributed by atoms with Gasteiger partial charge in [-0.1, -0.05) is 62.7 Å². The maximum Gasteiger partial charge on any atom is 0.275 e. The molecular formula is C21H28Cl2N4O. The Bertz CT molecular complexity index is 849. The van der Waals surface area contributed by atoms with E-state index < -0.39 is 0 Å². The van der Waals surface area contributed by atoms with Crippen molar-refractivity contribution in [2.75, 3.05) is 18.6 Å². The summed E-state index contributed by atoms with van der Waals surface area (Å²) in [6.45, 7) is 5.52. The quantitative estimate of drug-likeness (QED) is 0.496. The number of anilines is 2. The number of aryl methyl sites for hydroxylation is 1. The third-order valence-electron chi connectivity index (χ3n) is 5.19. The van der Waals surface area contributed by atoms with E-state index in [-0.39, 0.29) is 5.91 Å². The largest absolute Gasteiger partial charge is 0.322 e. The van der Waals surface area contributed by atoms with Crippen LogP contribution in [0.15, 0.2) is 18.2 Å². The van der Waals surface area contributed by atoms with Gasteiger partial charge in [0.25, 0.3) is 5.91 Å². The Morgan fingerprint density at radius 3 is 2.54 bits per heavy atom. The van der Waals surface area contributed by atoms with E-state index in [2.05, 4.69) is 18.4 Å². The fourth-order valence-corrected chi connectivity index (χ4v) is 4.19. The predicted octanol–water partition coefficient (Wildman–Crippen LogP) is 5.90. The van der Waals surface area contributed by atoms with Crippen LogP contribution in [0.25, 0.3) is 0 Å². The maximum absolute atomic E-state index is 13.0. The first kappa shape index (κ1) is 21.0. The summed E-state index contributed by atoms with van der Waals surface area (Å²) in [5.74, 6) is 1.65. The number of benzene rings is 1. The molecule has 0 saturated carbocycles. The lowest BCUT2D eigenvalue weighted by Gasteiger charge is -2.34. The van der Waals surface area contributed by atoms with Crippen molar-refractivity contribution in [3.8, 4) is 0 Å². The van der Waals surface area contributed by atoms with E-state index in [9.17, 15) is 4.79 Å². The van der Waals surface area contributed by atoms with Crippen molar-refractivity contribution in [1.82, 2.24) is 14.5 Å². The number of unbranched alkanes of at least 4 members (excludes halogenated alkanes) is 4. The van der Waals surface area contributed by atoms with Gasteiger partial charge in [-0.3, -0.25) is 4.79 Å². The number of halogens is 2. The van der Waals surface area contributed by atoms with E-state index >= 15 is 0 Å². The Morgan fingerprint density at radius 1 is 1.11 bits per heavy atom. The fraction of sp³-hybridized carbons (Fsp3) is 0.524. The molecule has 0 unspecified atom stereocenters. The molecule has 0 saturated heterocycles. The summed E-state index contributed by atoms with van der Waals surface area (Å²) in [6, 6.07) is 5.41. The van der Waals surface area contributed by atoms with Gasteiger partial charge < -0.3 is 14.4 Å². The van der Waals surface area contributed by atoms with Crippen LogP contribution in [0.4, 0.5) is 11.5 Å². The molecule has 152 valence electrons.